The number of carbonyl (C=O) groups excluding carboxylic acids is 1. The first kappa shape index (κ1) is 11.6. The molecular formula is C9H10F3NO2. The molecule has 84 valence electrons. The van der Waals surface area contributed by atoms with E-state index in [1.807, 2.05) is 0 Å². The summed E-state index contributed by atoms with van der Waals surface area (Å²) >= 11 is 0. The van der Waals surface area contributed by atoms with Crippen LogP contribution in [0.15, 0.2) is 23.2 Å². The summed E-state index contributed by atoms with van der Waals surface area (Å²) in [5.41, 5.74) is 0.378. The summed E-state index contributed by atoms with van der Waals surface area (Å²) in [5.74, 6) is -0.691. The van der Waals surface area contributed by atoms with E-state index in [2.05, 4.69) is 10.1 Å². The minimum Gasteiger partial charge on any atom is -0.439 e. The Bertz CT molecular complexity index is 300. The van der Waals surface area contributed by atoms with Gasteiger partial charge in [0.15, 0.2) is 0 Å². The van der Waals surface area contributed by atoms with Crippen LogP contribution in [0, 0.1) is 0 Å². The van der Waals surface area contributed by atoms with Crippen LogP contribution in [0.5, 0.6) is 0 Å². The number of carbonyl (C=O) groups is 1. The Morgan fingerprint density at radius 1 is 1.53 bits per heavy atom. The Morgan fingerprint density at radius 3 is 2.80 bits per heavy atom. The van der Waals surface area contributed by atoms with Gasteiger partial charge in [0.1, 0.15) is 11.6 Å². The third-order valence-electron chi connectivity index (χ3n) is 1.94. The van der Waals surface area contributed by atoms with Crippen LogP contribution < -0.4 is 5.32 Å². The van der Waals surface area contributed by atoms with E-state index >= 15 is 0 Å². The van der Waals surface area contributed by atoms with Gasteiger partial charge in [0.25, 0.3) is 0 Å². The highest BCUT2D eigenvalue weighted by Gasteiger charge is 2.16. The zero-order chi connectivity index (χ0) is 11.3. The highest BCUT2D eigenvalue weighted by Crippen LogP contribution is 2.26. The van der Waals surface area contributed by atoms with Crippen molar-refractivity contribution in [2.24, 2.45) is 0 Å². The summed E-state index contributed by atoms with van der Waals surface area (Å²) in [6.45, 7) is -2.84. The quantitative estimate of drug-likeness (QED) is 0.720. The summed E-state index contributed by atoms with van der Waals surface area (Å²) in [6, 6.07) is 0. The maximum absolute atomic E-state index is 13.2. The van der Waals surface area contributed by atoms with E-state index < -0.39 is 12.4 Å². The van der Waals surface area contributed by atoms with Gasteiger partial charge in [0, 0.05) is 19.0 Å². The zero-order valence-corrected chi connectivity index (χ0v) is 7.80. The number of hydrogen-bond acceptors (Lipinski definition) is 2. The summed E-state index contributed by atoms with van der Waals surface area (Å²) < 4.78 is 40.8. The Morgan fingerprint density at radius 2 is 2.27 bits per heavy atom. The molecule has 0 atom stereocenters. The molecule has 1 aliphatic rings. The molecule has 1 rings (SSSR count). The predicted octanol–water partition coefficient (Wildman–Crippen LogP) is 1.87. The van der Waals surface area contributed by atoms with Crippen molar-refractivity contribution in [1.29, 1.82) is 0 Å². The average Bonchev–Trinajstić information content (AvgIpc) is 2.15. The molecule has 0 spiro atoms. The second kappa shape index (κ2) is 5.43. The smallest absolute Gasteiger partial charge is 0.387 e. The van der Waals surface area contributed by atoms with Crippen molar-refractivity contribution in [3.8, 4) is 0 Å². The largest absolute Gasteiger partial charge is 0.439 e. The Kier molecular flexibility index (Phi) is 4.20. The van der Waals surface area contributed by atoms with Crippen LogP contribution in [-0.2, 0) is 9.53 Å². The zero-order valence-electron chi connectivity index (χ0n) is 7.80. The number of hydrogen-bond donors (Lipinski definition) is 1. The van der Waals surface area contributed by atoms with Crippen LogP contribution in [-0.4, -0.2) is 19.6 Å². The van der Waals surface area contributed by atoms with Crippen molar-refractivity contribution in [3.05, 3.63) is 23.2 Å². The van der Waals surface area contributed by atoms with Crippen molar-refractivity contribution in [3.63, 3.8) is 0 Å². The maximum atomic E-state index is 13.2. The second-order valence-electron chi connectivity index (χ2n) is 2.94. The molecule has 1 aliphatic carbocycles. The van der Waals surface area contributed by atoms with Gasteiger partial charge in [-0.05, 0) is 12.0 Å². The number of amides is 1. The summed E-state index contributed by atoms with van der Waals surface area (Å²) in [7, 11) is 0. The number of nitrogens with one attached hydrogen (secondary N) is 1. The van der Waals surface area contributed by atoms with E-state index in [4.69, 9.17) is 0 Å². The van der Waals surface area contributed by atoms with Crippen LogP contribution >= 0.6 is 0 Å². The van der Waals surface area contributed by atoms with Gasteiger partial charge in [-0.3, -0.25) is 4.79 Å². The fourth-order valence-corrected chi connectivity index (χ4v) is 1.25. The molecule has 3 nitrogen and oxygen atoms in total. The van der Waals surface area contributed by atoms with Crippen molar-refractivity contribution < 1.29 is 22.7 Å². The minimum absolute atomic E-state index is 0.0719. The van der Waals surface area contributed by atoms with Gasteiger partial charge >= 0.3 is 6.61 Å². The lowest BCUT2D eigenvalue weighted by molar-refractivity contribution is -0.109. The molecular weight excluding hydrogens is 211 g/mol. The molecule has 0 aliphatic heterocycles. The number of alkyl halides is 2. The van der Waals surface area contributed by atoms with Gasteiger partial charge in [-0.25, -0.2) is 4.39 Å². The number of ether oxygens (including phenoxy) is 1. The lowest BCUT2D eigenvalue weighted by Crippen LogP contribution is -2.17. The van der Waals surface area contributed by atoms with Gasteiger partial charge in [0.2, 0.25) is 6.41 Å². The molecule has 0 saturated heterocycles. The highest BCUT2D eigenvalue weighted by atomic mass is 19.3. The maximum Gasteiger partial charge on any atom is 0.387 e. The van der Waals surface area contributed by atoms with E-state index in [1.54, 1.807) is 0 Å². The van der Waals surface area contributed by atoms with Crippen LogP contribution in [0.1, 0.15) is 12.8 Å². The molecule has 0 unspecified atom stereocenters. The molecule has 0 radical (unpaired) electrons. The molecule has 1 N–H and O–H groups in total. The van der Waals surface area contributed by atoms with E-state index in [0.29, 0.717) is 12.0 Å². The molecule has 0 aromatic carbocycles. The first-order chi connectivity index (χ1) is 7.13. The van der Waals surface area contributed by atoms with E-state index in [9.17, 15) is 18.0 Å². The van der Waals surface area contributed by atoms with Crippen molar-refractivity contribution in [1.82, 2.24) is 5.32 Å². The summed E-state index contributed by atoms with van der Waals surface area (Å²) in [4.78, 5) is 9.97. The lowest BCUT2D eigenvalue weighted by atomic mass is 10.0. The molecule has 0 heterocycles. The molecule has 15 heavy (non-hydrogen) atoms. The lowest BCUT2D eigenvalue weighted by Gasteiger charge is -2.16. The Labute approximate surface area is 84.6 Å². The van der Waals surface area contributed by atoms with Gasteiger partial charge in [0.05, 0.1) is 0 Å². The van der Waals surface area contributed by atoms with Crippen LogP contribution in [0.4, 0.5) is 13.2 Å². The third-order valence-corrected chi connectivity index (χ3v) is 1.94. The minimum atomic E-state index is -2.93. The molecule has 0 bridgehead atoms. The predicted molar refractivity (Wildman–Crippen MR) is 46.6 cm³/mol. The van der Waals surface area contributed by atoms with E-state index in [0.717, 1.165) is 6.08 Å². The first-order valence-corrected chi connectivity index (χ1v) is 4.33. The highest BCUT2D eigenvalue weighted by molar-refractivity contribution is 5.47. The fourth-order valence-electron chi connectivity index (χ4n) is 1.25. The molecule has 0 fully saturated rings. The molecule has 6 heteroatoms. The Balaban J connectivity index is 2.61. The van der Waals surface area contributed by atoms with Gasteiger partial charge < -0.3 is 10.1 Å². The number of allylic oxidation sites excluding steroid dienone is 3. The SMILES string of the molecule is O=CNCC1=C(F)C=C(OC(F)F)CC1. The van der Waals surface area contributed by atoms with Crippen molar-refractivity contribution >= 4 is 6.41 Å². The van der Waals surface area contributed by atoms with Gasteiger partial charge in [-0.2, -0.15) is 8.78 Å². The number of rotatable bonds is 5. The molecule has 0 saturated carbocycles. The van der Waals surface area contributed by atoms with Crippen LogP contribution in [0.2, 0.25) is 0 Å². The van der Waals surface area contributed by atoms with Crippen LogP contribution in [0.25, 0.3) is 0 Å². The van der Waals surface area contributed by atoms with Crippen molar-refractivity contribution in [2.75, 3.05) is 6.54 Å². The van der Waals surface area contributed by atoms with Gasteiger partial charge in [-0.15, -0.1) is 0 Å². The summed E-state index contributed by atoms with van der Waals surface area (Å²) in [5, 5.41) is 2.31. The monoisotopic (exact) mass is 221 g/mol. The fraction of sp³-hybridized carbons (Fsp3) is 0.444. The van der Waals surface area contributed by atoms with Crippen LogP contribution in [0.3, 0.4) is 0 Å². The third kappa shape index (κ3) is 3.65. The topological polar surface area (TPSA) is 38.3 Å². The van der Waals surface area contributed by atoms with E-state index in [-0.39, 0.29) is 25.1 Å². The first-order valence-electron chi connectivity index (χ1n) is 4.33. The number of halogens is 3. The molecule has 0 aromatic heterocycles. The average molecular weight is 221 g/mol. The van der Waals surface area contributed by atoms with Gasteiger partial charge in [-0.1, -0.05) is 0 Å². The standard InChI is InChI=1S/C9H10F3NO2/c10-8-3-7(15-9(11)12)2-1-6(8)4-13-5-14/h3,5,9H,1-2,4H2,(H,13,14). The normalized spacial score (nSPS) is 16.4. The molecule has 1 amide bonds. The Hall–Kier alpha value is -1.46. The van der Waals surface area contributed by atoms with E-state index in [1.165, 1.54) is 0 Å². The molecule has 0 aromatic rings. The summed E-state index contributed by atoms with van der Waals surface area (Å²) in [6.07, 6.45) is 1.87. The van der Waals surface area contributed by atoms with Crippen molar-refractivity contribution in [2.45, 2.75) is 19.5 Å². The second-order valence-corrected chi connectivity index (χ2v) is 2.94.